The minimum Gasteiger partial charge on any atom is -0.377 e. The van der Waals surface area contributed by atoms with Crippen LogP contribution >= 0.6 is 0 Å². The smallest absolute Gasteiger partial charge is 0.319 e. The highest BCUT2D eigenvalue weighted by Gasteiger charge is 2.38. The van der Waals surface area contributed by atoms with E-state index in [2.05, 4.69) is 4.90 Å². The molecule has 2 amide bonds. The summed E-state index contributed by atoms with van der Waals surface area (Å²) in [4.78, 5) is 18.1. The van der Waals surface area contributed by atoms with Gasteiger partial charge in [0.25, 0.3) is 0 Å². The lowest BCUT2D eigenvalue weighted by atomic mass is 10.1. The van der Waals surface area contributed by atoms with Gasteiger partial charge in [-0.05, 0) is 25.2 Å². The third kappa shape index (κ3) is 3.03. The number of amides is 2. The van der Waals surface area contributed by atoms with E-state index in [9.17, 15) is 4.79 Å². The molecule has 0 spiro atoms. The number of urea groups is 1. The number of ether oxygens (including phenoxy) is 1. The van der Waals surface area contributed by atoms with E-state index in [4.69, 9.17) is 4.74 Å². The summed E-state index contributed by atoms with van der Waals surface area (Å²) < 4.78 is 6.01. The third-order valence-corrected chi connectivity index (χ3v) is 4.50. The zero-order valence-electron chi connectivity index (χ0n) is 12.0. The molecule has 0 radical (unpaired) electrons. The highest BCUT2D eigenvalue weighted by Crippen LogP contribution is 2.31. The number of carbonyl (C=O) groups excluding carboxylic acids is 1. The summed E-state index contributed by atoms with van der Waals surface area (Å²) in [6, 6.07) is 0.642. The van der Waals surface area contributed by atoms with Gasteiger partial charge in [-0.2, -0.15) is 0 Å². The number of nitrogens with zero attached hydrogens (tertiary/aromatic N) is 3. The van der Waals surface area contributed by atoms with Crippen molar-refractivity contribution in [3.8, 4) is 0 Å². The van der Waals surface area contributed by atoms with E-state index in [0.717, 1.165) is 45.1 Å². The van der Waals surface area contributed by atoms with Gasteiger partial charge in [-0.15, -0.1) is 0 Å². The number of rotatable bonds is 3. The van der Waals surface area contributed by atoms with E-state index < -0.39 is 0 Å². The molecule has 1 aliphatic carbocycles. The minimum atomic E-state index is 0.141. The lowest BCUT2D eigenvalue weighted by Gasteiger charge is -2.38. The van der Waals surface area contributed by atoms with Crippen LogP contribution in [-0.2, 0) is 4.74 Å². The largest absolute Gasteiger partial charge is 0.377 e. The first-order chi connectivity index (χ1) is 9.13. The van der Waals surface area contributed by atoms with Gasteiger partial charge >= 0.3 is 6.03 Å². The van der Waals surface area contributed by atoms with Crippen molar-refractivity contribution < 1.29 is 9.53 Å². The fourth-order valence-electron chi connectivity index (χ4n) is 3.13. The van der Waals surface area contributed by atoms with Gasteiger partial charge in [-0.3, -0.25) is 4.90 Å². The highest BCUT2D eigenvalue weighted by molar-refractivity contribution is 5.74. The van der Waals surface area contributed by atoms with E-state index >= 15 is 0 Å². The fraction of sp³-hybridized carbons (Fsp3) is 0.929. The molecule has 3 aliphatic rings. The molecule has 5 heteroatoms. The summed E-state index contributed by atoms with van der Waals surface area (Å²) in [6.45, 7) is 4.71. The quantitative estimate of drug-likeness (QED) is 0.761. The van der Waals surface area contributed by atoms with Gasteiger partial charge < -0.3 is 14.5 Å². The molecular weight excluding hydrogens is 242 g/mol. The van der Waals surface area contributed by atoms with Crippen LogP contribution in [0.3, 0.4) is 0 Å². The predicted octanol–water partition coefficient (Wildman–Crippen LogP) is 0.853. The Morgan fingerprint density at radius 1 is 1.26 bits per heavy atom. The first-order valence-electron chi connectivity index (χ1n) is 7.45. The Labute approximate surface area is 115 Å². The van der Waals surface area contributed by atoms with Crippen molar-refractivity contribution in [2.24, 2.45) is 5.92 Å². The molecular formula is C14H25N3O2. The van der Waals surface area contributed by atoms with Gasteiger partial charge in [0.15, 0.2) is 0 Å². The first kappa shape index (κ1) is 13.2. The highest BCUT2D eigenvalue weighted by atomic mass is 16.5. The third-order valence-electron chi connectivity index (χ3n) is 4.50. The fourth-order valence-corrected chi connectivity index (χ4v) is 3.13. The average molecular weight is 267 g/mol. The molecule has 1 saturated carbocycles. The molecule has 2 heterocycles. The van der Waals surface area contributed by atoms with Crippen molar-refractivity contribution in [2.45, 2.75) is 31.4 Å². The van der Waals surface area contributed by atoms with E-state index in [0.29, 0.717) is 12.1 Å². The summed E-state index contributed by atoms with van der Waals surface area (Å²) in [7, 11) is 3.65. The number of piperazine rings is 1. The van der Waals surface area contributed by atoms with Crippen molar-refractivity contribution >= 4 is 6.03 Å². The van der Waals surface area contributed by atoms with Crippen LogP contribution < -0.4 is 0 Å². The Hall–Kier alpha value is -0.810. The van der Waals surface area contributed by atoms with Gasteiger partial charge in [0.05, 0.1) is 6.10 Å². The Kier molecular flexibility index (Phi) is 3.67. The number of fused-ring (bicyclic) bond motifs is 1. The molecule has 5 nitrogen and oxygen atoms in total. The summed E-state index contributed by atoms with van der Waals surface area (Å²) in [5, 5.41) is 0. The van der Waals surface area contributed by atoms with Crippen LogP contribution in [0, 0.1) is 5.92 Å². The standard InChI is InChI=1S/C14H25N3O2/c1-15(2)14(18)17-6-5-16-9-13(7-12(16)8-17)19-10-11-3-4-11/h11-13H,3-10H2,1-2H3/t12-,13-/m1/s1. The molecule has 19 heavy (non-hydrogen) atoms. The molecule has 2 saturated heterocycles. The molecule has 0 N–H and O–H groups in total. The van der Waals surface area contributed by atoms with Gasteiger partial charge in [0.2, 0.25) is 0 Å². The van der Waals surface area contributed by atoms with E-state index in [1.165, 1.54) is 12.8 Å². The summed E-state index contributed by atoms with van der Waals surface area (Å²) in [6.07, 6.45) is 4.18. The minimum absolute atomic E-state index is 0.141. The monoisotopic (exact) mass is 267 g/mol. The molecule has 2 atom stereocenters. The predicted molar refractivity (Wildman–Crippen MR) is 73.1 cm³/mol. The lowest BCUT2D eigenvalue weighted by molar-refractivity contribution is 0.0513. The molecule has 2 aliphatic heterocycles. The summed E-state index contributed by atoms with van der Waals surface area (Å²) >= 11 is 0. The van der Waals surface area contributed by atoms with Crippen molar-refractivity contribution in [3.05, 3.63) is 0 Å². The maximum absolute atomic E-state index is 12.0. The Balaban J connectivity index is 1.49. The van der Waals surface area contributed by atoms with Gasteiger partial charge in [-0.1, -0.05) is 0 Å². The maximum atomic E-state index is 12.0. The second-order valence-corrected chi connectivity index (χ2v) is 6.41. The van der Waals surface area contributed by atoms with Crippen LogP contribution in [0.5, 0.6) is 0 Å². The summed E-state index contributed by atoms with van der Waals surface area (Å²) in [5.74, 6) is 0.837. The maximum Gasteiger partial charge on any atom is 0.319 e. The summed E-state index contributed by atoms with van der Waals surface area (Å²) in [5.41, 5.74) is 0. The SMILES string of the molecule is CN(C)C(=O)N1CCN2C[C@H](OCC3CC3)C[C@@H]2C1. The molecule has 0 aromatic rings. The molecule has 3 fully saturated rings. The lowest BCUT2D eigenvalue weighted by Crippen LogP contribution is -2.54. The number of carbonyl (C=O) groups is 1. The second kappa shape index (κ2) is 5.29. The zero-order valence-corrected chi connectivity index (χ0v) is 12.0. The zero-order chi connectivity index (χ0) is 13.4. The second-order valence-electron chi connectivity index (χ2n) is 6.41. The molecule has 0 aromatic heterocycles. The van der Waals surface area contributed by atoms with Crippen molar-refractivity contribution in [2.75, 3.05) is 46.9 Å². The molecule has 0 aromatic carbocycles. The van der Waals surface area contributed by atoms with Crippen LogP contribution in [0.2, 0.25) is 0 Å². The Morgan fingerprint density at radius 3 is 2.74 bits per heavy atom. The number of hydrogen-bond donors (Lipinski definition) is 0. The van der Waals surface area contributed by atoms with E-state index in [1.54, 1.807) is 4.90 Å². The van der Waals surface area contributed by atoms with E-state index in [1.807, 2.05) is 19.0 Å². The van der Waals surface area contributed by atoms with Crippen LogP contribution in [0.25, 0.3) is 0 Å². The van der Waals surface area contributed by atoms with Crippen molar-refractivity contribution in [1.29, 1.82) is 0 Å². The van der Waals surface area contributed by atoms with Crippen LogP contribution in [0.4, 0.5) is 4.79 Å². The first-order valence-corrected chi connectivity index (χ1v) is 7.45. The number of hydrogen-bond acceptors (Lipinski definition) is 3. The van der Waals surface area contributed by atoms with Crippen LogP contribution in [0.1, 0.15) is 19.3 Å². The Morgan fingerprint density at radius 2 is 2.05 bits per heavy atom. The molecule has 3 rings (SSSR count). The van der Waals surface area contributed by atoms with Crippen molar-refractivity contribution in [1.82, 2.24) is 14.7 Å². The average Bonchev–Trinajstić information content (AvgIpc) is 3.13. The van der Waals surface area contributed by atoms with Gasteiger partial charge in [0, 0.05) is 52.9 Å². The molecule has 0 unspecified atom stereocenters. The van der Waals surface area contributed by atoms with Gasteiger partial charge in [0.1, 0.15) is 0 Å². The van der Waals surface area contributed by atoms with E-state index in [-0.39, 0.29) is 6.03 Å². The Bertz CT molecular complexity index is 344. The molecule has 108 valence electrons. The topological polar surface area (TPSA) is 36.0 Å². The molecule has 0 bridgehead atoms. The van der Waals surface area contributed by atoms with Gasteiger partial charge in [-0.25, -0.2) is 4.79 Å². The van der Waals surface area contributed by atoms with Crippen LogP contribution in [-0.4, -0.2) is 79.8 Å². The van der Waals surface area contributed by atoms with Crippen molar-refractivity contribution in [3.63, 3.8) is 0 Å². The normalized spacial score (nSPS) is 31.4. The van der Waals surface area contributed by atoms with Crippen LogP contribution in [0.15, 0.2) is 0 Å².